The van der Waals surface area contributed by atoms with Crippen molar-refractivity contribution in [2.75, 3.05) is 76.8 Å². The topological polar surface area (TPSA) is 76.7 Å². The molecule has 2 fully saturated rings. The highest BCUT2D eigenvalue weighted by atomic mass is 16.5. The van der Waals surface area contributed by atoms with E-state index >= 15 is 0 Å². The number of rotatable bonds is 5. The lowest BCUT2D eigenvalue weighted by molar-refractivity contribution is 0.0303. The number of hydrogen-bond donors (Lipinski definition) is 2. The number of nitrogens with one attached hydrogen (secondary N) is 2. The van der Waals surface area contributed by atoms with E-state index in [1.165, 1.54) is 5.69 Å². The van der Waals surface area contributed by atoms with Crippen LogP contribution in [0, 0.1) is 0 Å². The molecule has 1 amide bonds. The minimum Gasteiger partial charge on any atom is -0.386 e. The Morgan fingerprint density at radius 1 is 0.921 bits per heavy atom. The molecule has 0 unspecified atom stereocenters. The molecule has 6 rings (SSSR count). The number of piperazine rings is 1. The predicted molar refractivity (Wildman–Crippen MR) is 153 cm³/mol. The summed E-state index contributed by atoms with van der Waals surface area (Å²) in [5, 5.41) is 4.46. The van der Waals surface area contributed by atoms with Crippen LogP contribution in [-0.2, 0) is 4.74 Å². The highest BCUT2D eigenvalue weighted by Gasteiger charge is 2.20. The van der Waals surface area contributed by atoms with Crippen LogP contribution >= 0.6 is 0 Å². The van der Waals surface area contributed by atoms with E-state index in [9.17, 15) is 4.79 Å². The third-order valence-corrected chi connectivity index (χ3v) is 7.72. The number of hydrogen-bond acceptors (Lipinski definition) is 6. The number of benzene rings is 2. The molecule has 196 valence electrons. The Bertz CT molecular complexity index is 1430. The summed E-state index contributed by atoms with van der Waals surface area (Å²) < 4.78 is 5.38. The highest BCUT2D eigenvalue weighted by molar-refractivity contribution is 5.98. The van der Waals surface area contributed by atoms with Crippen LogP contribution < -0.4 is 10.2 Å². The zero-order chi connectivity index (χ0) is 26.1. The molecule has 0 spiro atoms. The molecule has 0 atom stereocenters. The summed E-state index contributed by atoms with van der Waals surface area (Å²) in [6, 6.07) is 16.7. The average molecular weight is 511 g/mol. The zero-order valence-electron chi connectivity index (χ0n) is 22.0. The van der Waals surface area contributed by atoms with Gasteiger partial charge in [0.2, 0.25) is 0 Å². The van der Waals surface area contributed by atoms with Gasteiger partial charge in [-0.25, -0.2) is 4.98 Å². The van der Waals surface area contributed by atoms with E-state index in [0.29, 0.717) is 31.9 Å². The fourth-order valence-corrected chi connectivity index (χ4v) is 5.38. The van der Waals surface area contributed by atoms with Crippen LogP contribution in [-0.4, -0.2) is 92.3 Å². The quantitative estimate of drug-likeness (QED) is 0.420. The Labute approximate surface area is 223 Å². The van der Waals surface area contributed by atoms with E-state index < -0.39 is 0 Å². The van der Waals surface area contributed by atoms with Gasteiger partial charge in [0.25, 0.3) is 5.91 Å². The number of aromatic nitrogens is 2. The smallest absolute Gasteiger partial charge is 0.254 e. The first kappa shape index (κ1) is 24.5. The second kappa shape index (κ2) is 10.5. The summed E-state index contributed by atoms with van der Waals surface area (Å²) in [6.07, 6.45) is 3.92. The van der Waals surface area contributed by atoms with Crippen molar-refractivity contribution in [1.82, 2.24) is 19.8 Å². The van der Waals surface area contributed by atoms with Gasteiger partial charge in [0, 0.05) is 80.8 Å². The summed E-state index contributed by atoms with van der Waals surface area (Å²) in [4.78, 5) is 27.6. The maximum atomic E-state index is 12.8. The lowest BCUT2D eigenvalue weighted by Crippen LogP contribution is -2.44. The number of aromatic amines is 1. The Morgan fingerprint density at radius 3 is 2.39 bits per heavy atom. The molecule has 0 bridgehead atoms. The molecule has 4 aromatic rings. The minimum absolute atomic E-state index is 0.0584. The Hall–Kier alpha value is -3.88. The van der Waals surface area contributed by atoms with Crippen molar-refractivity contribution in [1.29, 1.82) is 0 Å². The van der Waals surface area contributed by atoms with Gasteiger partial charge < -0.3 is 29.7 Å². The molecule has 2 N–H and O–H groups in total. The van der Waals surface area contributed by atoms with E-state index in [-0.39, 0.29) is 5.91 Å². The predicted octanol–water partition coefficient (Wildman–Crippen LogP) is 4.16. The SMILES string of the molecule is CNc1cc(-c2cnc3[nH]cc(-c4ccc(C(=O)N5CCOCC5)cc4)c3c2)ccc1N1CCN(C)CC1. The lowest BCUT2D eigenvalue weighted by atomic mass is 10.0. The van der Waals surface area contributed by atoms with Crippen molar-refractivity contribution in [3.63, 3.8) is 0 Å². The summed E-state index contributed by atoms with van der Waals surface area (Å²) >= 11 is 0. The number of H-pyrrole nitrogens is 1. The summed E-state index contributed by atoms with van der Waals surface area (Å²) in [7, 11) is 4.16. The lowest BCUT2D eigenvalue weighted by Gasteiger charge is -2.35. The third kappa shape index (κ3) is 4.73. The first-order valence-electron chi connectivity index (χ1n) is 13.3. The molecule has 4 heterocycles. The second-order valence-electron chi connectivity index (χ2n) is 10.1. The molecule has 0 radical (unpaired) electrons. The van der Waals surface area contributed by atoms with Crippen LogP contribution in [0.2, 0.25) is 0 Å². The Kier molecular flexibility index (Phi) is 6.74. The zero-order valence-corrected chi connectivity index (χ0v) is 22.0. The molecule has 2 saturated heterocycles. The van der Waals surface area contributed by atoms with Gasteiger partial charge in [-0.2, -0.15) is 0 Å². The summed E-state index contributed by atoms with van der Waals surface area (Å²) in [5.41, 5.74) is 8.24. The van der Waals surface area contributed by atoms with Crippen LogP contribution in [0.5, 0.6) is 0 Å². The molecule has 2 aromatic carbocycles. The summed E-state index contributed by atoms with van der Waals surface area (Å²) in [6.45, 7) is 6.69. The molecule has 2 aliphatic heterocycles. The number of ether oxygens (including phenoxy) is 1. The van der Waals surface area contributed by atoms with Gasteiger partial charge in [0.1, 0.15) is 5.65 Å². The molecular formula is C30H34N6O2. The number of likely N-dealkylation sites (N-methyl/N-ethyl adjacent to an activating group) is 1. The van der Waals surface area contributed by atoms with Gasteiger partial charge in [0.05, 0.1) is 24.6 Å². The minimum atomic E-state index is 0.0584. The van der Waals surface area contributed by atoms with Crippen molar-refractivity contribution < 1.29 is 9.53 Å². The number of carbonyl (C=O) groups is 1. The van der Waals surface area contributed by atoms with Crippen LogP contribution in [0.25, 0.3) is 33.3 Å². The molecule has 0 aliphatic carbocycles. The number of carbonyl (C=O) groups excluding carboxylic acids is 1. The Morgan fingerprint density at radius 2 is 1.66 bits per heavy atom. The fourth-order valence-electron chi connectivity index (χ4n) is 5.38. The van der Waals surface area contributed by atoms with Crippen LogP contribution in [0.3, 0.4) is 0 Å². The van der Waals surface area contributed by atoms with E-state index in [1.54, 1.807) is 0 Å². The molecule has 0 saturated carbocycles. The number of amides is 1. The monoisotopic (exact) mass is 510 g/mol. The largest absolute Gasteiger partial charge is 0.386 e. The van der Waals surface area contributed by atoms with Gasteiger partial charge in [-0.05, 0) is 48.5 Å². The second-order valence-corrected chi connectivity index (χ2v) is 10.1. The van der Waals surface area contributed by atoms with Crippen molar-refractivity contribution in [3.8, 4) is 22.3 Å². The Balaban J connectivity index is 1.27. The average Bonchev–Trinajstić information content (AvgIpc) is 3.41. The van der Waals surface area contributed by atoms with Crippen LogP contribution in [0.1, 0.15) is 10.4 Å². The molecule has 2 aliphatic rings. The highest BCUT2D eigenvalue weighted by Crippen LogP contribution is 2.35. The van der Waals surface area contributed by atoms with Crippen molar-refractivity contribution in [2.45, 2.75) is 0 Å². The van der Waals surface area contributed by atoms with Gasteiger partial charge in [-0.3, -0.25) is 4.79 Å². The molecule has 38 heavy (non-hydrogen) atoms. The van der Waals surface area contributed by atoms with Gasteiger partial charge in [0.15, 0.2) is 0 Å². The van der Waals surface area contributed by atoms with Crippen LogP contribution in [0.15, 0.2) is 60.9 Å². The van der Waals surface area contributed by atoms with Gasteiger partial charge in [-0.15, -0.1) is 0 Å². The normalized spacial score (nSPS) is 16.7. The first-order valence-corrected chi connectivity index (χ1v) is 13.3. The maximum absolute atomic E-state index is 12.8. The number of pyridine rings is 1. The number of nitrogens with zero attached hydrogens (tertiary/aromatic N) is 4. The first-order chi connectivity index (χ1) is 18.6. The number of morpholine rings is 1. The van der Waals surface area contributed by atoms with Crippen molar-refractivity contribution in [2.24, 2.45) is 0 Å². The van der Waals surface area contributed by atoms with E-state index in [0.717, 1.165) is 65.2 Å². The molecule has 2 aromatic heterocycles. The van der Waals surface area contributed by atoms with Gasteiger partial charge >= 0.3 is 0 Å². The van der Waals surface area contributed by atoms with E-state index in [2.05, 4.69) is 51.4 Å². The molecular weight excluding hydrogens is 476 g/mol. The fraction of sp³-hybridized carbons (Fsp3) is 0.333. The molecule has 8 heteroatoms. The van der Waals surface area contributed by atoms with E-state index in [4.69, 9.17) is 9.72 Å². The van der Waals surface area contributed by atoms with Crippen LogP contribution in [0.4, 0.5) is 11.4 Å². The third-order valence-electron chi connectivity index (χ3n) is 7.72. The maximum Gasteiger partial charge on any atom is 0.254 e. The standard InChI is InChI=1S/C30H34N6O2/c1-31-27-18-23(7-8-28(27)35-11-9-34(2)10-12-35)24-17-25-26(20-33-29(25)32-19-24)21-3-5-22(6-4-21)30(37)36-13-15-38-16-14-36/h3-8,17-20,31H,9-16H2,1-2H3,(H,32,33). The summed E-state index contributed by atoms with van der Waals surface area (Å²) in [5.74, 6) is 0.0584. The van der Waals surface area contributed by atoms with Gasteiger partial charge in [-0.1, -0.05) is 18.2 Å². The van der Waals surface area contributed by atoms with Crippen molar-refractivity contribution in [3.05, 3.63) is 66.5 Å². The van der Waals surface area contributed by atoms with E-state index in [1.807, 2.05) is 48.6 Å². The number of fused-ring (bicyclic) bond motifs is 1. The molecule has 8 nitrogen and oxygen atoms in total. The van der Waals surface area contributed by atoms with Crippen molar-refractivity contribution >= 4 is 28.3 Å². The number of anilines is 2.